The maximum atomic E-state index is 4.56. The number of thiazole rings is 1. The predicted octanol–water partition coefficient (Wildman–Crippen LogP) is 2.70. The largest absolute Gasteiger partial charge is 0.312 e. The van der Waals surface area contributed by atoms with Crippen LogP contribution < -0.4 is 5.32 Å². The second kappa shape index (κ2) is 6.33. The highest BCUT2D eigenvalue weighted by Gasteiger charge is 2.27. The number of hydrogen-bond donors (Lipinski definition) is 1. The summed E-state index contributed by atoms with van der Waals surface area (Å²) in [6.07, 6.45) is 2.34. The van der Waals surface area contributed by atoms with E-state index in [0.29, 0.717) is 11.5 Å². The van der Waals surface area contributed by atoms with E-state index in [1.807, 2.05) is 0 Å². The van der Waals surface area contributed by atoms with Crippen LogP contribution in [0.1, 0.15) is 37.9 Å². The minimum absolute atomic E-state index is 0.333. The summed E-state index contributed by atoms with van der Waals surface area (Å²) in [6.45, 7) is 13.7. The number of rotatable bonds is 3. The van der Waals surface area contributed by atoms with Crippen molar-refractivity contribution in [3.63, 3.8) is 0 Å². The highest BCUT2D eigenvalue weighted by atomic mass is 32.1. The molecule has 0 aliphatic carbocycles. The van der Waals surface area contributed by atoms with E-state index in [1.165, 1.54) is 23.7 Å². The van der Waals surface area contributed by atoms with Gasteiger partial charge in [0.25, 0.3) is 0 Å². The standard InChI is InChI=1S/C15H27N3S/c1-12-17-13(11-19-12)6-9-18-8-5-7-16-14(10-18)15(2,3)4/h11,14,16H,5-10H2,1-4H3. The molecule has 0 bridgehead atoms. The molecule has 1 N–H and O–H groups in total. The van der Waals surface area contributed by atoms with Gasteiger partial charge in [-0.25, -0.2) is 4.98 Å². The number of aryl methyl sites for hydroxylation is 1. The second-order valence-electron chi connectivity index (χ2n) is 6.63. The molecular formula is C15H27N3S. The monoisotopic (exact) mass is 281 g/mol. The Morgan fingerprint density at radius 2 is 2.26 bits per heavy atom. The Morgan fingerprint density at radius 3 is 2.89 bits per heavy atom. The maximum Gasteiger partial charge on any atom is 0.0897 e. The Kier molecular flexibility index (Phi) is 4.98. The summed E-state index contributed by atoms with van der Waals surface area (Å²) in [6, 6.07) is 0.590. The van der Waals surface area contributed by atoms with E-state index in [-0.39, 0.29) is 0 Å². The molecule has 2 heterocycles. The van der Waals surface area contributed by atoms with E-state index in [2.05, 4.69) is 48.3 Å². The Hall–Kier alpha value is -0.450. The van der Waals surface area contributed by atoms with Crippen molar-refractivity contribution in [1.82, 2.24) is 15.2 Å². The summed E-state index contributed by atoms with van der Waals surface area (Å²) in [7, 11) is 0. The van der Waals surface area contributed by atoms with Gasteiger partial charge >= 0.3 is 0 Å². The summed E-state index contributed by atoms with van der Waals surface area (Å²) in [5.41, 5.74) is 1.59. The fourth-order valence-electron chi connectivity index (χ4n) is 2.57. The van der Waals surface area contributed by atoms with Crippen molar-refractivity contribution < 1.29 is 0 Å². The Balaban J connectivity index is 1.88. The molecule has 2 rings (SSSR count). The van der Waals surface area contributed by atoms with Crippen LogP contribution in [0.2, 0.25) is 0 Å². The summed E-state index contributed by atoms with van der Waals surface area (Å²) < 4.78 is 0. The van der Waals surface area contributed by atoms with Crippen molar-refractivity contribution in [2.24, 2.45) is 5.41 Å². The van der Waals surface area contributed by atoms with Gasteiger partial charge in [-0.3, -0.25) is 0 Å². The first kappa shape index (κ1) is 14.9. The Labute approximate surface area is 121 Å². The molecule has 3 nitrogen and oxygen atoms in total. The number of nitrogens with one attached hydrogen (secondary N) is 1. The number of aromatic nitrogens is 1. The highest BCUT2D eigenvalue weighted by Crippen LogP contribution is 2.21. The van der Waals surface area contributed by atoms with Crippen LogP contribution in [-0.4, -0.2) is 42.1 Å². The van der Waals surface area contributed by atoms with Crippen LogP contribution in [0.15, 0.2) is 5.38 Å². The third-order valence-corrected chi connectivity index (χ3v) is 4.70. The van der Waals surface area contributed by atoms with Crippen molar-refractivity contribution in [3.8, 4) is 0 Å². The van der Waals surface area contributed by atoms with Crippen molar-refractivity contribution in [3.05, 3.63) is 16.1 Å². The van der Waals surface area contributed by atoms with E-state index in [9.17, 15) is 0 Å². The van der Waals surface area contributed by atoms with Gasteiger partial charge in [0, 0.05) is 30.9 Å². The average molecular weight is 281 g/mol. The first-order valence-electron chi connectivity index (χ1n) is 7.32. The molecule has 1 saturated heterocycles. The van der Waals surface area contributed by atoms with Crippen LogP contribution in [0, 0.1) is 12.3 Å². The molecule has 4 heteroatoms. The highest BCUT2D eigenvalue weighted by molar-refractivity contribution is 7.09. The SMILES string of the molecule is Cc1nc(CCN2CCCNC(C(C)(C)C)C2)cs1. The molecule has 0 aromatic carbocycles. The fraction of sp³-hybridized carbons (Fsp3) is 0.800. The Bertz CT molecular complexity index is 394. The topological polar surface area (TPSA) is 28.2 Å². The van der Waals surface area contributed by atoms with Gasteiger partial charge in [0.1, 0.15) is 0 Å². The van der Waals surface area contributed by atoms with Gasteiger partial charge in [0.05, 0.1) is 10.7 Å². The number of hydrogen-bond acceptors (Lipinski definition) is 4. The van der Waals surface area contributed by atoms with Crippen LogP contribution in [0.4, 0.5) is 0 Å². The molecule has 1 aliphatic rings. The molecule has 0 radical (unpaired) electrons. The summed E-state index contributed by atoms with van der Waals surface area (Å²) in [4.78, 5) is 7.16. The molecule has 1 aromatic rings. The van der Waals surface area contributed by atoms with Crippen molar-refractivity contribution in [2.45, 2.75) is 46.6 Å². The average Bonchev–Trinajstić information content (AvgIpc) is 2.61. The van der Waals surface area contributed by atoms with Gasteiger partial charge < -0.3 is 10.2 Å². The minimum atomic E-state index is 0.333. The van der Waals surface area contributed by atoms with E-state index in [4.69, 9.17) is 0 Å². The lowest BCUT2D eigenvalue weighted by molar-refractivity contribution is 0.198. The second-order valence-corrected chi connectivity index (χ2v) is 7.70. The van der Waals surface area contributed by atoms with Gasteiger partial charge in [-0.1, -0.05) is 20.8 Å². The molecule has 0 saturated carbocycles. The predicted molar refractivity (Wildman–Crippen MR) is 82.9 cm³/mol. The molecule has 0 spiro atoms. The van der Waals surface area contributed by atoms with Crippen LogP contribution in [0.3, 0.4) is 0 Å². The van der Waals surface area contributed by atoms with E-state index < -0.39 is 0 Å². The van der Waals surface area contributed by atoms with Gasteiger partial charge in [-0.05, 0) is 31.8 Å². The third-order valence-electron chi connectivity index (χ3n) is 3.88. The van der Waals surface area contributed by atoms with Crippen LogP contribution >= 0.6 is 11.3 Å². The zero-order valence-corrected chi connectivity index (χ0v) is 13.5. The van der Waals surface area contributed by atoms with E-state index in [1.54, 1.807) is 11.3 Å². The van der Waals surface area contributed by atoms with Gasteiger partial charge in [-0.15, -0.1) is 11.3 Å². The molecule has 19 heavy (non-hydrogen) atoms. The molecule has 0 amide bonds. The van der Waals surface area contributed by atoms with Gasteiger partial charge in [0.2, 0.25) is 0 Å². The van der Waals surface area contributed by atoms with Crippen molar-refractivity contribution >= 4 is 11.3 Å². The van der Waals surface area contributed by atoms with Gasteiger partial charge in [0.15, 0.2) is 0 Å². The summed E-state index contributed by atoms with van der Waals surface area (Å²) >= 11 is 1.76. The molecule has 1 aromatic heterocycles. The molecule has 1 atom stereocenters. The normalized spacial score (nSPS) is 22.4. The van der Waals surface area contributed by atoms with Gasteiger partial charge in [-0.2, -0.15) is 0 Å². The Morgan fingerprint density at radius 1 is 1.47 bits per heavy atom. The smallest absolute Gasteiger partial charge is 0.0897 e. The third kappa shape index (κ3) is 4.55. The van der Waals surface area contributed by atoms with Crippen molar-refractivity contribution in [2.75, 3.05) is 26.2 Å². The zero-order valence-electron chi connectivity index (χ0n) is 12.7. The van der Waals surface area contributed by atoms with Crippen LogP contribution in [0.5, 0.6) is 0 Å². The molecule has 108 valence electrons. The summed E-state index contributed by atoms with van der Waals surface area (Å²) in [5, 5.41) is 7.08. The van der Waals surface area contributed by atoms with E-state index >= 15 is 0 Å². The van der Waals surface area contributed by atoms with Crippen LogP contribution in [-0.2, 0) is 6.42 Å². The first-order chi connectivity index (χ1) is 8.95. The quantitative estimate of drug-likeness (QED) is 0.923. The lowest BCUT2D eigenvalue weighted by Crippen LogP contribution is -2.46. The fourth-order valence-corrected chi connectivity index (χ4v) is 3.22. The zero-order chi connectivity index (χ0) is 13.9. The molecule has 1 unspecified atom stereocenters. The number of nitrogens with zero attached hydrogens (tertiary/aromatic N) is 2. The molecular weight excluding hydrogens is 254 g/mol. The lowest BCUT2D eigenvalue weighted by atomic mass is 9.86. The minimum Gasteiger partial charge on any atom is -0.312 e. The maximum absolute atomic E-state index is 4.56. The molecule has 1 fully saturated rings. The van der Waals surface area contributed by atoms with Crippen molar-refractivity contribution in [1.29, 1.82) is 0 Å². The molecule has 1 aliphatic heterocycles. The lowest BCUT2D eigenvalue weighted by Gasteiger charge is -2.33. The van der Waals surface area contributed by atoms with Crippen LogP contribution in [0.25, 0.3) is 0 Å². The first-order valence-corrected chi connectivity index (χ1v) is 8.20. The summed E-state index contributed by atoms with van der Waals surface area (Å²) in [5.74, 6) is 0. The van der Waals surface area contributed by atoms with E-state index in [0.717, 1.165) is 26.1 Å².